The SMILES string of the molecule is CS(C)(CC(=O)c1ccc2ccccc2c1)OS(=O)(=O)C(F)(F)C(F)(F)C(F)(F)C(F)(F)C(F)(F)C(F)(F)C(F)(F)C(F)(F)F. The first-order valence-electron chi connectivity index (χ1n) is 11.1. The first kappa shape index (κ1) is 38.6. The summed E-state index contributed by atoms with van der Waals surface area (Å²) in [6, 6.07) is 9.73. The number of Topliss-reactive ketones (excluding diaryl/α,β-unsaturated/α-hetero) is 1. The molecule has 23 heteroatoms. The lowest BCUT2D eigenvalue weighted by molar-refractivity contribution is -0.458. The Hall–Kier alpha value is -2.56. The Labute approximate surface area is 242 Å². The lowest BCUT2D eigenvalue weighted by Crippen LogP contribution is -2.75. The van der Waals surface area contributed by atoms with Crippen LogP contribution in [0.5, 0.6) is 0 Å². The van der Waals surface area contributed by atoms with Crippen LogP contribution < -0.4 is 0 Å². The number of ketones is 1. The largest absolute Gasteiger partial charge is 0.460 e. The molecule has 0 saturated heterocycles. The maximum atomic E-state index is 14.4. The zero-order valence-electron chi connectivity index (χ0n) is 21.6. The van der Waals surface area contributed by atoms with Crippen LogP contribution in [0.25, 0.3) is 10.8 Å². The maximum Gasteiger partial charge on any atom is 0.460 e. The van der Waals surface area contributed by atoms with Crippen molar-refractivity contribution in [3.63, 3.8) is 0 Å². The summed E-state index contributed by atoms with van der Waals surface area (Å²) in [6.07, 6.45) is -7.01. The average Bonchev–Trinajstić information content (AvgIpc) is 2.85. The fourth-order valence-corrected chi connectivity index (χ4v) is 7.09. The van der Waals surface area contributed by atoms with Crippen molar-refractivity contribution >= 4 is 37.0 Å². The number of hydrogen-bond acceptors (Lipinski definition) is 4. The molecule has 0 saturated carbocycles. The summed E-state index contributed by atoms with van der Waals surface area (Å²) in [5.41, 5.74) is -0.280. The summed E-state index contributed by atoms with van der Waals surface area (Å²) in [6.45, 7) is 0. The third kappa shape index (κ3) is 5.91. The number of carbonyl (C=O) groups excluding carboxylic acids is 1. The smallest absolute Gasteiger partial charge is 0.293 e. The molecule has 2 aromatic rings. The van der Waals surface area contributed by atoms with E-state index in [0.717, 1.165) is 6.07 Å². The molecule has 0 aromatic heterocycles. The molecule has 0 atom stereocenters. The van der Waals surface area contributed by atoms with Crippen molar-refractivity contribution in [2.45, 2.75) is 47.0 Å². The highest BCUT2D eigenvalue weighted by Crippen LogP contribution is 2.65. The van der Waals surface area contributed by atoms with Gasteiger partial charge in [-0.1, -0.05) is 36.4 Å². The van der Waals surface area contributed by atoms with E-state index in [1.165, 1.54) is 24.3 Å². The van der Waals surface area contributed by atoms with Gasteiger partial charge >= 0.3 is 57.1 Å². The number of rotatable bonds is 12. The molecule has 0 aliphatic rings. The highest BCUT2D eigenvalue weighted by atomic mass is 32.3. The van der Waals surface area contributed by atoms with E-state index in [1.807, 2.05) is 0 Å². The third-order valence-electron chi connectivity index (χ3n) is 5.83. The van der Waals surface area contributed by atoms with Crippen LogP contribution in [0, 0.1) is 0 Å². The fourth-order valence-electron chi connectivity index (χ4n) is 3.38. The average molecular weight is 730 g/mol. The molecule has 45 heavy (non-hydrogen) atoms. The van der Waals surface area contributed by atoms with Crippen molar-refractivity contribution in [1.29, 1.82) is 0 Å². The third-order valence-corrected chi connectivity index (χ3v) is 9.86. The summed E-state index contributed by atoms with van der Waals surface area (Å²) in [5.74, 6) is -54.7. The Balaban J connectivity index is 2.49. The van der Waals surface area contributed by atoms with Crippen LogP contribution in [0.15, 0.2) is 42.5 Å². The summed E-state index contributed by atoms with van der Waals surface area (Å²) in [4.78, 5) is 12.6. The van der Waals surface area contributed by atoms with Gasteiger partial charge in [-0.15, -0.1) is 10.3 Å². The van der Waals surface area contributed by atoms with Crippen molar-refractivity contribution in [3.8, 4) is 0 Å². The van der Waals surface area contributed by atoms with Crippen molar-refractivity contribution in [1.82, 2.24) is 0 Å². The Kier molecular flexibility index (Phi) is 9.45. The Bertz CT molecular complexity index is 1550. The molecule has 4 nitrogen and oxygen atoms in total. The van der Waals surface area contributed by atoms with Crippen molar-refractivity contribution in [2.75, 3.05) is 18.3 Å². The predicted octanol–water partition coefficient (Wildman–Crippen LogP) is 8.32. The molecule has 2 rings (SSSR count). The van der Waals surface area contributed by atoms with E-state index in [0.29, 0.717) is 23.3 Å². The highest BCUT2D eigenvalue weighted by Gasteiger charge is 2.96. The highest BCUT2D eigenvalue weighted by molar-refractivity contribution is 8.32. The van der Waals surface area contributed by atoms with E-state index < -0.39 is 78.9 Å². The molecule has 0 amide bonds. The molecule has 0 fully saturated rings. The van der Waals surface area contributed by atoms with Gasteiger partial charge in [0, 0.05) is 5.56 Å². The van der Waals surface area contributed by atoms with Gasteiger partial charge in [-0.05, 0) is 29.4 Å². The van der Waals surface area contributed by atoms with Crippen LogP contribution in [0.3, 0.4) is 0 Å². The lowest BCUT2D eigenvalue weighted by Gasteiger charge is -2.42. The van der Waals surface area contributed by atoms with E-state index in [2.05, 4.69) is 3.63 Å². The minimum Gasteiger partial charge on any atom is -0.293 e. The van der Waals surface area contributed by atoms with Crippen molar-refractivity contribution < 1.29 is 91.5 Å². The van der Waals surface area contributed by atoms with Gasteiger partial charge in [-0.2, -0.15) is 83.1 Å². The standard InChI is InChI=1S/C22H15F17O4S2/c1-44(2,10-14(40)13-8-7-11-5-3-4-6-12(11)9-13)43-45(41,42)22(38,39)20(33,34)18(29,30)16(25,26)15(23,24)17(27,28)19(31,32)21(35,36)37/h3-9H,10H2,1-2H3. The molecule has 0 aliphatic carbocycles. The number of hydrogen-bond donors (Lipinski definition) is 0. The number of benzene rings is 2. The summed E-state index contributed by atoms with van der Waals surface area (Å²) >= 11 is 0. The number of fused-ring (bicyclic) bond motifs is 1. The normalized spacial score (nSPS) is 15.8. The molecule has 0 aliphatic heterocycles. The molecule has 0 bridgehead atoms. The van der Waals surface area contributed by atoms with Crippen molar-refractivity contribution in [2.24, 2.45) is 0 Å². The Morgan fingerprint density at radius 1 is 0.600 bits per heavy atom. The Morgan fingerprint density at radius 3 is 1.44 bits per heavy atom. The van der Waals surface area contributed by atoms with Crippen LogP contribution in [-0.2, 0) is 13.7 Å². The molecule has 0 radical (unpaired) electrons. The van der Waals surface area contributed by atoms with Gasteiger partial charge in [-0.25, -0.2) is 3.63 Å². The van der Waals surface area contributed by atoms with Gasteiger partial charge in [-0.3, -0.25) is 4.79 Å². The molecule has 0 N–H and O–H groups in total. The Morgan fingerprint density at radius 2 is 1.00 bits per heavy atom. The van der Waals surface area contributed by atoms with Gasteiger partial charge in [0.2, 0.25) is 0 Å². The molecular weight excluding hydrogens is 715 g/mol. The van der Waals surface area contributed by atoms with E-state index in [1.54, 1.807) is 12.1 Å². The van der Waals surface area contributed by atoms with E-state index in [-0.39, 0.29) is 5.56 Å². The maximum absolute atomic E-state index is 14.4. The van der Waals surface area contributed by atoms with Gasteiger partial charge in [0.1, 0.15) is 0 Å². The molecular formula is C22H15F17O4S2. The van der Waals surface area contributed by atoms with Crippen LogP contribution >= 0.6 is 10.3 Å². The monoisotopic (exact) mass is 730 g/mol. The first-order valence-corrected chi connectivity index (χ1v) is 15.0. The zero-order valence-corrected chi connectivity index (χ0v) is 23.3. The molecule has 0 spiro atoms. The molecule has 2 aromatic carbocycles. The number of alkyl halides is 17. The topological polar surface area (TPSA) is 60.4 Å². The minimum atomic E-state index is -8.95. The summed E-state index contributed by atoms with van der Waals surface area (Å²) < 4.78 is 257. The first-order chi connectivity index (χ1) is 19.7. The van der Waals surface area contributed by atoms with Gasteiger partial charge in [0.05, 0.1) is 5.75 Å². The second kappa shape index (κ2) is 11.0. The lowest BCUT2D eigenvalue weighted by atomic mass is 9.91. The van der Waals surface area contributed by atoms with E-state index >= 15 is 0 Å². The summed E-state index contributed by atoms with van der Waals surface area (Å²) in [5, 5.41) is -6.89. The number of carbonyl (C=O) groups is 1. The van der Waals surface area contributed by atoms with Crippen LogP contribution in [0.1, 0.15) is 10.4 Å². The quantitative estimate of drug-likeness (QED) is 0.163. The zero-order chi connectivity index (χ0) is 35.7. The van der Waals surface area contributed by atoms with Crippen molar-refractivity contribution in [3.05, 3.63) is 48.0 Å². The van der Waals surface area contributed by atoms with Crippen LogP contribution in [0.2, 0.25) is 0 Å². The second-order valence-electron chi connectivity index (χ2n) is 9.55. The fraction of sp³-hybridized carbons (Fsp3) is 0.500. The van der Waals surface area contributed by atoms with E-state index in [4.69, 9.17) is 0 Å². The molecule has 0 unspecified atom stereocenters. The predicted molar refractivity (Wildman–Crippen MR) is 123 cm³/mol. The van der Waals surface area contributed by atoms with E-state index in [9.17, 15) is 87.8 Å². The van der Waals surface area contributed by atoms with Gasteiger partial charge in [0.15, 0.2) is 5.78 Å². The number of halogens is 17. The van der Waals surface area contributed by atoms with Crippen LogP contribution in [-0.4, -0.2) is 79.4 Å². The second-order valence-corrected chi connectivity index (χ2v) is 14.7. The van der Waals surface area contributed by atoms with Gasteiger partial charge < -0.3 is 0 Å². The summed E-state index contributed by atoms with van der Waals surface area (Å²) in [7, 11) is -11.8. The molecule has 0 heterocycles. The van der Waals surface area contributed by atoms with Gasteiger partial charge in [0.25, 0.3) is 0 Å². The van der Waals surface area contributed by atoms with Crippen LogP contribution in [0.4, 0.5) is 74.6 Å². The minimum absolute atomic E-state index is 0.280. The molecule has 258 valence electrons.